The molecule has 0 unspecified atom stereocenters. The SMILES string of the molecule is C[NH2+]C.C[NH2+]C.C[NH2+]C.O=P([O-])([O-])[O-]. The summed E-state index contributed by atoms with van der Waals surface area (Å²) in [5.74, 6) is 0. The molecule has 0 radical (unpaired) electrons. The molecule has 0 aliphatic heterocycles. The van der Waals surface area contributed by atoms with Crippen LogP contribution in [0.25, 0.3) is 0 Å². The smallest absolute Gasteiger partial charge is 0.0647 e. The summed E-state index contributed by atoms with van der Waals surface area (Å²) < 4.78 is 8.55. The van der Waals surface area contributed by atoms with Crippen LogP contribution in [0.2, 0.25) is 0 Å². The van der Waals surface area contributed by atoms with Crippen LogP contribution in [0, 0.1) is 0 Å². The van der Waals surface area contributed by atoms with Gasteiger partial charge in [-0.2, -0.15) is 7.82 Å². The minimum Gasteiger partial charge on any atom is -0.822 e. The summed E-state index contributed by atoms with van der Waals surface area (Å²) in [6.45, 7) is 0. The molecule has 0 bridgehead atoms. The second kappa shape index (κ2) is 23.1. The highest BCUT2D eigenvalue weighted by atomic mass is 31.2. The highest BCUT2D eigenvalue weighted by Crippen LogP contribution is 2.03. The van der Waals surface area contributed by atoms with Crippen molar-refractivity contribution in [1.82, 2.24) is 0 Å². The third kappa shape index (κ3) is 14500000. The van der Waals surface area contributed by atoms with Crippen LogP contribution < -0.4 is 30.6 Å². The van der Waals surface area contributed by atoms with Crippen molar-refractivity contribution in [1.29, 1.82) is 0 Å². The Labute approximate surface area is 86.2 Å². The maximum absolute atomic E-state index is 8.55. The van der Waals surface area contributed by atoms with Crippen molar-refractivity contribution < 1.29 is 35.2 Å². The lowest BCUT2D eigenvalue weighted by Gasteiger charge is -2.36. The van der Waals surface area contributed by atoms with Crippen molar-refractivity contribution in [3.8, 4) is 0 Å². The number of quaternary nitrogens is 3. The Hall–Kier alpha value is -0.0100. The lowest BCUT2D eigenvalue weighted by molar-refractivity contribution is -0.597. The van der Waals surface area contributed by atoms with Crippen molar-refractivity contribution in [3.05, 3.63) is 0 Å². The van der Waals surface area contributed by atoms with Crippen LogP contribution >= 0.6 is 7.82 Å². The molecule has 7 nitrogen and oxygen atoms in total. The summed E-state index contributed by atoms with van der Waals surface area (Å²) in [4.78, 5) is 25.6. The Morgan fingerprint density at radius 3 is 0.714 bits per heavy atom. The van der Waals surface area contributed by atoms with Gasteiger partial charge >= 0.3 is 0 Å². The predicted octanol–water partition coefficient (Wildman–Crippen LogP) is -6.40. The first-order valence-electron chi connectivity index (χ1n) is 4.19. The van der Waals surface area contributed by atoms with Crippen molar-refractivity contribution in [2.45, 2.75) is 0 Å². The molecule has 0 spiro atoms. The molecule has 0 aliphatic carbocycles. The third-order valence-electron chi connectivity index (χ3n) is 0. The first kappa shape index (κ1) is 23.7. The fourth-order valence-corrected chi connectivity index (χ4v) is 0. The van der Waals surface area contributed by atoms with Crippen molar-refractivity contribution in [2.24, 2.45) is 0 Å². The molecular formula is C6H24N3O4P. The Bertz CT molecular complexity index is 96.2. The highest BCUT2D eigenvalue weighted by molar-refractivity contribution is 7.40. The number of rotatable bonds is 0. The summed E-state index contributed by atoms with van der Waals surface area (Å²) in [6.07, 6.45) is 0. The van der Waals surface area contributed by atoms with Crippen LogP contribution in [0.15, 0.2) is 0 Å². The van der Waals surface area contributed by atoms with E-state index in [9.17, 15) is 0 Å². The van der Waals surface area contributed by atoms with E-state index in [0.717, 1.165) is 0 Å². The van der Waals surface area contributed by atoms with Crippen molar-refractivity contribution >= 4 is 7.82 Å². The van der Waals surface area contributed by atoms with Gasteiger partial charge in [0, 0.05) is 0 Å². The van der Waals surface area contributed by atoms with Gasteiger partial charge in [-0.1, -0.05) is 0 Å². The van der Waals surface area contributed by atoms with Gasteiger partial charge in [0.25, 0.3) is 0 Å². The molecule has 14 heavy (non-hydrogen) atoms. The molecule has 0 atom stereocenters. The second-order valence-corrected chi connectivity index (χ2v) is 3.07. The van der Waals surface area contributed by atoms with E-state index in [0.29, 0.717) is 0 Å². The molecule has 0 rings (SSSR count). The van der Waals surface area contributed by atoms with Gasteiger partial charge in [-0.25, -0.2) is 0 Å². The van der Waals surface area contributed by atoms with E-state index >= 15 is 0 Å². The molecule has 0 aromatic heterocycles. The number of phosphoric acid groups is 1. The Morgan fingerprint density at radius 2 is 0.714 bits per heavy atom. The Morgan fingerprint density at radius 1 is 0.714 bits per heavy atom. The number of hydrogen-bond donors (Lipinski definition) is 3. The van der Waals surface area contributed by atoms with Crippen LogP contribution in [0.1, 0.15) is 0 Å². The zero-order valence-electron chi connectivity index (χ0n) is 9.81. The van der Waals surface area contributed by atoms with E-state index in [4.69, 9.17) is 19.2 Å². The molecule has 0 saturated heterocycles. The van der Waals surface area contributed by atoms with Crippen LogP contribution in [0.3, 0.4) is 0 Å². The predicted molar refractivity (Wildman–Crippen MR) is 48.9 cm³/mol. The molecule has 6 N–H and O–H groups in total. The molecule has 0 heterocycles. The van der Waals surface area contributed by atoms with Crippen molar-refractivity contribution in [3.63, 3.8) is 0 Å². The summed E-state index contributed by atoms with van der Waals surface area (Å²) in [6, 6.07) is 0. The van der Waals surface area contributed by atoms with Crippen LogP contribution in [0.4, 0.5) is 0 Å². The molecule has 0 amide bonds. The normalized spacial score (nSPS) is 8.07. The van der Waals surface area contributed by atoms with E-state index in [2.05, 4.69) is 0 Å². The molecule has 8 heteroatoms. The first-order chi connectivity index (χ1) is 6.24. The summed E-state index contributed by atoms with van der Waals surface area (Å²) in [7, 11) is 6.61. The van der Waals surface area contributed by atoms with Gasteiger partial charge in [-0.3, -0.25) is 0 Å². The van der Waals surface area contributed by atoms with Crippen molar-refractivity contribution in [2.75, 3.05) is 42.3 Å². The summed E-state index contributed by atoms with van der Waals surface area (Å²) >= 11 is 0. The third-order valence-corrected chi connectivity index (χ3v) is 0. The van der Waals surface area contributed by atoms with E-state index < -0.39 is 7.82 Å². The largest absolute Gasteiger partial charge is 0.822 e. The standard InChI is InChI=1S/3C2H7N.H3O4P/c3*1-3-2;1-5(2,3)4/h3*3H,1-2H3;(H3,1,2,3,4). The van der Waals surface area contributed by atoms with Crippen LogP contribution in [0.5, 0.6) is 0 Å². The van der Waals surface area contributed by atoms with Gasteiger partial charge < -0.3 is 35.2 Å². The lowest BCUT2D eigenvalue weighted by Crippen LogP contribution is -2.74. The molecule has 0 aromatic rings. The topological polar surface area (TPSA) is 136 Å². The Kier molecular flexibility index (Phi) is 39.0. The number of hydrogen-bond acceptors (Lipinski definition) is 4. The lowest BCUT2D eigenvalue weighted by atomic mass is 11.3. The maximum Gasteiger partial charge on any atom is 0.0647 e. The van der Waals surface area contributed by atoms with E-state index in [1.807, 2.05) is 58.2 Å². The van der Waals surface area contributed by atoms with Crippen LogP contribution in [-0.2, 0) is 4.57 Å². The van der Waals surface area contributed by atoms with Gasteiger partial charge in [-0.05, 0) is 0 Å². The van der Waals surface area contributed by atoms with E-state index in [1.165, 1.54) is 0 Å². The van der Waals surface area contributed by atoms with Gasteiger partial charge in [0.1, 0.15) is 0 Å². The highest BCUT2D eigenvalue weighted by Gasteiger charge is 1.44. The molecule has 0 aliphatic rings. The summed E-state index contributed by atoms with van der Waals surface area (Å²) in [5, 5.41) is 6.00. The van der Waals surface area contributed by atoms with Gasteiger partial charge in [0.15, 0.2) is 0 Å². The van der Waals surface area contributed by atoms with Gasteiger partial charge in [-0.15, -0.1) is 0 Å². The van der Waals surface area contributed by atoms with E-state index in [1.54, 1.807) is 0 Å². The zero-order chi connectivity index (χ0) is 12.6. The average molecular weight is 233 g/mol. The van der Waals surface area contributed by atoms with Gasteiger partial charge in [0.2, 0.25) is 0 Å². The minimum atomic E-state index is -5.39. The molecule has 0 aromatic carbocycles. The zero-order valence-corrected chi connectivity index (χ0v) is 10.7. The molecule has 0 saturated carbocycles. The molecule has 92 valence electrons. The fourth-order valence-electron chi connectivity index (χ4n) is 0. The second-order valence-electron chi connectivity index (χ2n) is 2.18. The van der Waals surface area contributed by atoms with Gasteiger partial charge in [0.05, 0.1) is 42.3 Å². The number of nitrogens with two attached hydrogens (primary N) is 3. The first-order valence-corrected chi connectivity index (χ1v) is 5.65. The molecule has 0 fully saturated rings. The van der Waals surface area contributed by atoms with Crippen LogP contribution in [-0.4, -0.2) is 42.3 Å². The molecular weight excluding hydrogens is 209 g/mol. The fraction of sp³-hybridized carbons (Fsp3) is 1.00. The monoisotopic (exact) mass is 233 g/mol. The quantitative estimate of drug-likeness (QED) is 0.358. The summed E-state index contributed by atoms with van der Waals surface area (Å²) in [5.41, 5.74) is 0. The maximum atomic E-state index is 8.55. The minimum absolute atomic E-state index is 2.00. The Balaban J connectivity index is -0.0000000495. The van der Waals surface area contributed by atoms with E-state index in [-0.39, 0.29) is 0 Å². The average Bonchev–Trinajstić information content (AvgIpc) is 1.86.